The van der Waals surface area contributed by atoms with E-state index in [0.717, 1.165) is 19.5 Å². The van der Waals surface area contributed by atoms with Crippen LogP contribution in [0.15, 0.2) is 54.6 Å². The van der Waals surface area contributed by atoms with Crippen LogP contribution in [0.1, 0.15) is 17.9 Å². The predicted octanol–water partition coefficient (Wildman–Crippen LogP) is 3.54. The van der Waals surface area contributed by atoms with E-state index in [1.165, 1.54) is 17.7 Å². The van der Waals surface area contributed by atoms with E-state index in [-0.39, 0.29) is 30.1 Å². The van der Waals surface area contributed by atoms with Crippen LogP contribution >= 0.6 is 12.4 Å². The summed E-state index contributed by atoms with van der Waals surface area (Å²) in [7, 11) is 0. The van der Waals surface area contributed by atoms with Crippen LogP contribution < -0.4 is 10.1 Å². The van der Waals surface area contributed by atoms with E-state index < -0.39 is 4.92 Å². The van der Waals surface area contributed by atoms with E-state index in [0.29, 0.717) is 5.75 Å². The van der Waals surface area contributed by atoms with Crippen molar-refractivity contribution in [2.75, 3.05) is 13.1 Å². The molecule has 1 heterocycles. The van der Waals surface area contributed by atoms with Crippen molar-refractivity contribution in [2.24, 2.45) is 0 Å². The second-order valence-corrected chi connectivity index (χ2v) is 5.42. The average Bonchev–Trinajstić information content (AvgIpc) is 2.57. The normalized spacial score (nSPS) is 20.3. The van der Waals surface area contributed by atoms with Crippen LogP contribution in [0, 0.1) is 10.1 Å². The summed E-state index contributed by atoms with van der Waals surface area (Å²) in [4.78, 5) is 10.3. The summed E-state index contributed by atoms with van der Waals surface area (Å²) >= 11 is 0. The van der Waals surface area contributed by atoms with Gasteiger partial charge in [-0.2, -0.15) is 0 Å². The lowest BCUT2D eigenvalue weighted by atomic mass is 9.89. The number of non-ortho nitro benzene ring substituents is 1. The summed E-state index contributed by atoms with van der Waals surface area (Å²) in [5.41, 5.74) is 1.33. The average molecular weight is 335 g/mol. The molecule has 1 N–H and O–H groups in total. The zero-order valence-corrected chi connectivity index (χ0v) is 13.4. The highest BCUT2D eigenvalue weighted by Crippen LogP contribution is 2.28. The van der Waals surface area contributed by atoms with Gasteiger partial charge in [-0.25, -0.2) is 0 Å². The molecule has 0 radical (unpaired) electrons. The molecule has 6 heteroatoms. The molecule has 0 saturated carbocycles. The Bertz CT molecular complexity index is 634. The number of nitrogens with zero attached hydrogens (tertiary/aromatic N) is 1. The van der Waals surface area contributed by atoms with E-state index in [4.69, 9.17) is 4.74 Å². The monoisotopic (exact) mass is 334 g/mol. The Morgan fingerprint density at radius 3 is 2.43 bits per heavy atom. The van der Waals surface area contributed by atoms with Crippen molar-refractivity contribution in [1.29, 1.82) is 0 Å². The Hall–Kier alpha value is -2.11. The van der Waals surface area contributed by atoms with E-state index in [2.05, 4.69) is 17.4 Å². The Balaban J connectivity index is 0.00000192. The van der Waals surface area contributed by atoms with Gasteiger partial charge >= 0.3 is 0 Å². The fourth-order valence-corrected chi connectivity index (χ4v) is 2.83. The summed E-state index contributed by atoms with van der Waals surface area (Å²) in [6, 6.07) is 16.6. The van der Waals surface area contributed by atoms with Crippen molar-refractivity contribution in [1.82, 2.24) is 5.32 Å². The third kappa shape index (κ3) is 4.21. The lowest BCUT2D eigenvalue weighted by Crippen LogP contribution is -2.41. The van der Waals surface area contributed by atoms with Crippen LogP contribution in [-0.4, -0.2) is 24.1 Å². The smallest absolute Gasteiger partial charge is 0.269 e. The van der Waals surface area contributed by atoms with Crippen molar-refractivity contribution in [3.63, 3.8) is 0 Å². The number of hydrogen-bond donors (Lipinski definition) is 1. The second-order valence-electron chi connectivity index (χ2n) is 5.42. The first kappa shape index (κ1) is 17.2. The standard InChI is InChI=1S/C17H18N2O3.ClH/c20-19(21)14-6-8-15(9-7-14)22-17-10-11-18-12-16(17)13-4-2-1-3-5-13;/h1-9,16-18H,10-12H2;1H/t16-,17-;/m0./s1. The number of piperidine rings is 1. The van der Waals surface area contributed by atoms with Crippen molar-refractivity contribution >= 4 is 18.1 Å². The molecule has 0 amide bonds. The summed E-state index contributed by atoms with van der Waals surface area (Å²) in [5, 5.41) is 14.1. The summed E-state index contributed by atoms with van der Waals surface area (Å²) in [6.07, 6.45) is 0.987. The Kier molecular flexibility index (Phi) is 5.96. The van der Waals surface area contributed by atoms with Gasteiger partial charge < -0.3 is 10.1 Å². The minimum absolute atomic E-state index is 0. The predicted molar refractivity (Wildman–Crippen MR) is 91.4 cm³/mol. The Morgan fingerprint density at radius 2 is 1.78 bits per heavy atom. The number of nitro benzene ring substituents is 1. The highest BCUT2D eigenvalue weighted by Gasteiger charge is 2.28. The van der Waals surface area contributed by atoms with Crippen LogP contribution in [0.5, 0.6) is 5.75 Å². The maximum atomic E-state index is 10.7. The van der Waals surface area contributed by atoms with Gasteiger partial charge in [-0.1, -0.05) is 30.3 Å². The molecule has 2 aromatic carbocycles. The van der Waals surface area contributed by atoms with Gasteiger partial charge in [-0.15, -0.1) is 12.4 Å². The molecular weight excluding hydrogens is 316 g/mol. The zero-order valence-electron chi connectivity index (χ0n) is 12.6. The minimum Gasteiger partial charge on any atom is -0.490 e. The minimum atomic E-state index is -0.402. The molecule has 0 aromatic heterocycles. The molecule has 122 valence electrons. The number of nitro groups is 1. The third-order valence-corrected chi connectivity index (χ3v) is 3.98. The van der Waals surface area contributed by atoms with Gasteiger partial charge in [0.1, 0.15) is 11.9 Å². The molecule has 2 atom stereocenters. The molecule has 1 saturated heterocycles. The van der Waals surface area contributed by atoms with Crippen molar-refractivity contribution in [3.8, 4) is 5.75 Å². The van der Waals surface area contributed by atoms with Crippen LogP contribution in [0.3, 0.4) is 0 Å². The largest absolute Gasteiger partial charge is 0.490 e. The van der Waals surface area contributed by atoms with Gasteiger partial charge in [0.2, 0.25) is 0 Å². The topological polar surface area (TPSA) is 64.4 Å². The van der Waals surface area contributed by atoms with Gasteiger partial charge in [-0.05, 0) is 30.7 Å². The highest BCUT2D eigenvalue weighted by molar-refractivity contribution is 5.85. The SMILES string of the molecule is Cl.O=[N+]([O-])c1ccc(O[C@H]2CCNC[C@H]2c2ccccc2)cc1. The molecule has 1 fully saturated rings. The van der Waals surface area contributed by atoms with Gasteiger partial charge in [-0.3, -0.25) is 10.1 Å². The molecule has 23 heavy (non-hydrogen) atoms. The highest BCUT2D eigenvalue weighted by atomic mass is 35.5. The first-order valence-corrected chi connectivity index (χ1v) is 7.41. The van der Waals surface area contributed by atoms with Crippen LogP contribution in [0.25, 0.3) is 0 Å². The quantitative estimate of drug-likeness (QED) is 0.686. The number of rotatable bonds is 4. The first-order chi connectivity index (χ1) is 10.7. The molecule has 1 aliphatic heterocycles. The van der Waals surface area contributed by atoms with Gasteiger partial charge in [0.15, 0.2) is 0 Å². The van der Waals surface area contributed by atoms with Gasteiger partial charge in [0.25, 0.3) is 5.69 Å². The van der Waals surface area contributed by atoms with E-state index >= 15 is 0 Å². The van der Waals surface area contributed by atoms with Crippen molar-refractivity contribution in [3.05, 3.63) is 70.3 Å². The molecule has 1 aliphatic rings. The van der Waals surface area contributed by atoms with Crippen molar-refractivity contribution in [2.45, 2.75) is 18.4 Å². The number of ether oxygens (including phenoxy) is 1. The summed E-state index contributed by atoms with van der Waals surface area (Å²) < 4.78 is 6.09. The number of halogens is 1. The molecule has 5 nitrogen and oxygen atoms in total. The van der Waals surface area contributed by atoms with E-state index in [1.54, 1.807) is 12.1 Å². The summed E-state index contributed by atoms with van der Waals surface area (Å²) in [5.74, 6) is 0.962. The van der Waals surface area contributed by atoms with Gasteiger partial charge in [0, 0.05) is 24.6 Å². The second kappa shape index (κ2) is 7.94. The molecule has 0 spiro atoms. The molecule has 2 aromatic rings. The van der Waals surface area contributed by atoms with Crippen LogP contribution in [-0.2, 0) is 0 Å². The Labute approximate surface area is 141 Å². The Morgan fingerprint density at radius 1 is 1.09 bits per heavy atom. The first-order valence-electron chi connectivity index (χ1n) is 7.41. The number of hydrogen-bond acceptors (Lipinski definition) is 4. The third-order valence-electron chi connectivity index (χ3n) is 3.98. The van der Waals surface area contributed by atoms with Crippen LogP contribution in [0.2, 0.25) is 0 Å². The number of nitrogens with one attached hydrogen (secondary N) is 1. The van der Waals surface area contributed by atoms with Crippen molar-refractivity contribution < 1.29 is 9.66 Å². The maximum absolute atomic E-state index is 10.7. The molecular formula is C17H19ClN2O3. The van der Waals surface area contributed by atoms with E-state index in [9.17, 15) is 10.1 Å². The lowest BCUT2D eigenvalue weighted by molar-refractivity contribution is -0.384. The summed E-state index contributed by atoms with van der Waals surface area (Å²) in [6.45, 7) is 1.79. The molecule has 0 bridgehead atoms. The number of benzene rings is 2. The van der Waals surface area contributed by atoms with Gasteiger partial charge in [0.05, 0.1) is 4.92 Å². The lowest BCUT2D eigenvalue weighted by Gasteiger charge is -2.32. The van der Waals surface area contributed by atoms with E-state index in [1.807, 2.05) is 18.2 Å². The molecule has 3 rings (SSSR count). The maximum Gasteiger partial charge on any atom is 0.269 e. The fraction of sp³-hybridized carbons (Fsp3) is 0.294. The zero-order chi connectivity index (χ0) is 15.4. The fourth-order valence-electron chi connectivity index (χ4n) is 2.83. The molecule has 0 unspecified atom stereocenters. The van der Waals surface area contributed by atoms with Crippen LogP contribution in [0.4, 0.5) is 5.69 Å². The molecule has 0 aliphatic carbocycles.